The topological polar surface area (TPSA) is 35.2 Å². The number of hydrogen-bond donors (Lipinski definition) is 1. The third-order valence-corrected chi connectivity index (χ3v) is 3.84. The van der Waals surface area contributed by atoms with Crippen molar-refractivity contribution in [3.63, 3.8) is 0 Å². The molecule has 0 fully saturated rings. The highest BCUT2D eigenvalue weighted by Crippen LogP contribution is 2.38. The Balaban J connectivity index is 2.38. The number of ether oxygens (including phenoxy) is 1. The van der Waals surface area contributed by atoms with Crippen molar-refractivity contribution in [1.82, 2.24) is 0 Å². The summed E-state index contributed by atoms with van der Waals surface area (Å²) in [5, 5.41) is 0. The number of nitrogens with two attached hydrogens (primary N) is 1. The lowest BCUT2D eigenvalue weighted by Gasteiger charge is -2.11. The van der Waals surface area contributed by atoms with Crippen LogP contribution in [0, 0.1) is 6.92 Å². The number of nitrogen functional groups attached to an aromatic ring is 1. The van der Waals surface area contributed by atoms with E-state index in [0.717, 1.165) is 21.2 Å². The molecule has 2 rings (SSSR count). The van der Waals surface area contributed by atoms with Gasteiger partial charge in [-0.1, -0.05) is 36.0 Å². The summed E-state index contributed by atoms with van der Waals surface area (Å²) in [5.41, 5.74) is 7.99. The van der Waals surface area contributed by atoms with Crippen molar-refractivity contribution in [2.75, 3.05) is 12.8 Å². The second kappa shape index (κ2) is 5.15. The van der Waals surface area contributed by atoms with E-state index in [2.05, 4.69) is 13.0 Å². The van der Waals surface area contributed by atoms with Crippen molar-refractivity contribution in [3.8, 4) is 5.75 Å². The van der Waals surface area contributed by atoms with Crippen LogP contribution < -0.4 is 10.5 Å². The molecule has 0 unspecified atom stereocenters. The molecule has 0 bridgehead atoms. The summed E-state index contributed by atoms with van der Waals surface area (Å²) in [6.07, 6.45) is 0. The molecule has 0 aliphatic carbocycles. The summed E-state index contributed by atoms with van der Waals surface area (Å²) in [6, 6.07) is 13.9. The number of hydrogen-bond acceptors (Lipinski definition) is 3. The molecule has 0 heterocycles. The average molecular weight is 245 g/mol. The van der Waals surface area contributed by atoms with Crippen LogP contribution in [0.15, 0.2) is 52.3 Å². The van der Waals surface area contributed by atoms with Crippen LogP contribution in [0.25, 0.3) is 0 Å². The van der Waals surface area contributed by atoms with E-state index in [4.69, 9.17) is 10.5 Å². The van der Waals surface area contributed by atoms with Crippen molar-refractivity contribution < 1.29 is 4.74 Å². The molecule has 17 heavy (non-hydrogen) atoms. The van der Waals surface area contributed by atoms with E-state index in [1.54, 1.807) is 18.9 Å². The fraction of sp³-hybridized carbons (Fsp3) is 0.143. The fourth-order valence-electron chi connectivity index (χ4n) is 1.63. The smallest absolute Gasteiger partial charge is 0.132 e. The number of aryl methyl sites for hydroxylation is 1. The van der Waals surface area contributed by atoms with Gasteiger partial charge in [0.05, 0.1) is 12.0 Å². The summed E-state index contributed by atoms with van der Waals surface area (Å²) >= 11 is 1.64. The molecular formula is C14H15NOS. The molecule has 0 saturated heterocycles. The zero-order valence-corrected chi connectivity index (χ0v) is 10.8. The molecular weight excluding hydrogens is 230 g/mol. The van der Waals surface area contributed by atoms with E-state index < -0.39 is 0 Å². The first-order chi connectivity index (χ1) is 8.22. The van der Waals surface area contributed by atoms with Crippen molar-refractivity contribution >= 4 is 17.4 Å². The van der Waals surface area contributed by atoms with Gasteiger partial charge in [-0.3, -0.25) is 0 Å². The van der Waals surface area contributed by atoms with Crippen LogP contribution in [-0.2, 0) is 0 Å². The van der Waals surface area contributed by atoms with Crippen LogP contribution in [-0.4, -0.2) is 7.11 Å². The lowest BCUT2D eigenvalue weighted by Crippen LogP contribution is -1.92. The fourth-order valence-corrected chi connectivity index (χ4v) is 2.66. The number of benzene rings is 2. The molecule has 0 atom stereocenters. The molecule has 2 N–H and O–H groups in total. The largest absolute Gasteiger partial charge is 0.496 e. The molecule has 0 aliphatic heterocycles. The Hall–Kier alpha value is -1.61. The van der Waals surface area contributed by atoms with E-state index in [1.807, 2.05) is 36.4 Å². The molecule has 88 valence electrons. The first-order valence-electron chi connectivity index (χ1n) is 5.38. The summed E-state index contributed by atoms with van der Waals surface area (Å²) in [4.78, 5) is 2.17. The highest BCUT2D eigenvalue weighted by molar-refractivity contribution is 7.99. The van der Waals surface area contributed by atoms with Gasteiger partial charge < -0.3 is 10.5 Å². The maximum absolute atomic E-state index is 6.00. The summed E-state index contributed by atoms with van der Waals surface area (Å²) < 4.78 is 5.34. The van der Waals surface area contributed by atoms with Crippen LogP contribution in [0.4, 0.5) is 5.69 Å². The monoisotopic (exact) mass is 245 g/mol. The number of para-hydroxylation sites is 1. The number of rotatable bonds is 3. The standard InChI is InChI=1S/C14H15NOS/c1-10-6-5-7-11(15)14(10)17-13-9-4-3-8-12(13)16-2/h3-9H,15H2,1-2H3. The summed E-state index contributed by atoms with van der Waals surface area (Å²) in [7, 11) is 1.68. The molecule has 0 spiro atoms. The number of anilines is 1. The van der Waals surface area contributed by atoms with Gasteiger partial charge in [-0.25, -0.2) is 0 Å². The Morgan fingerprint density at radius 2 is 1.82 bits per heavy atom. The lowest BCUT2D eigenvalue weighted by molar-refractivity contribution is 0.405. The first-order valence-corrected chi connectivity index (χ1v) is 6.20. The minimum atomic E-state index is 0.806. The molecule has 2 aromatic carbocycles. The van der Waals surface area contributed by atoms with E-state index >= 15 is 0 Å². The van der Waals surface area contributed by atoms with E-state index in [9.17, 15) is 0 Å². The Bertz CT molecular complexity index is 505. The van der Waals surface area contributed by atoms with Crippen molar-refractivity contribution in [1.29, 1.82) is 0 Å². The minimum Gasteiger partial charge on any atom is -0.496 e. The Morgan fingerprint density at radius 3 is 2.53 bits per heavy atom. The lowest BCUT2D eigenvalue weighted by atomic mass is 10.2. The Kier molecular flexibility index (Phi) is 3.59. The van der Waals surface area contributed by atoms with Gasteiger partial charge in [0.2, 0.25) is 0 Å². The third kappa shape index (κ3) is 2.56. The van der Waals surface area contributed by atoms with E-state index in [0.29, 0.717) is 0 Å². The molecule has 0 aliphatic rings. The zero-order valence-electron chi connectivity index (χ0n) is 9.94. The SMILES string of the molecule is COc1ccccc1Sc1c(C)cccc1N. The predicted octanol–water partition coefficient (Wildman–Crippen LogP) is 3.74. The van der Waals surface area contributed by atoms with Gasteiger partial charge in [-0.05, 0) is 30.7 Å². The van der Waals surface area contributed by atoms with Crippen LogP contribution in [0.1, 0.15) is 5.56 Å². The van der Waals surface area contributed by atoms with Crippen LogP contribution in [0.2, 0.25) is 0 Å². The van der Waals surface area contributed by atoms with Gasteiger partial charge in [0, 0.05) is 10.6 Å². The minimum absolute atomic E-state index is 0.806. The summed E-state index contributed by atoms with van der Waals surface area (Å²) in [5.74, 6) is 0.875. The third-order valence-electron chi connectivity index (χ3n) is 2.52. The molecule has 0 saturated carbocycles. The van der Waals surface area contributed by atoms with E-state index in [-0.39, 0.29) is 0 Å². The van der Waals surface area contributed by atoms with Crippen LogP contribution >= 0.6 is 11.8 Å². The van der Waals surface area contributed by atoms with Gasteiger partial charge in [-0.15, -0.1) is 0 Å². The molecule has 0 aromatic heterocycles. The molecule has 0 amide bonds. The maximum atomic E-state index is 6.00. The van der Waals surface area contributed by atoms with Gasteiger partial charge in [0.15, 0.2) is 0 Å². The zero-order chi connectivity index (χ0) is 12.3. The highest BCUT2D eigenvalue weighted by Gasteiger charge is 2.08. The second-order valence-electron chi connectivity index (χ2n) is 3.75. The van der Waals surface area contributed by atoms with Crippen LogP contribution in [0.3, 0.4) is 0 Å². The van der Waals surface area contributed by atoms with Gasteiger partial charge in [0.1, 0.15) is 5.75 Å². The Morgan fingerprint density at radius 1 is 1.06 bits per heavy atom. The first kappa shape index (κ1) is 11.9. The Labute approximate surface area is 106 Å². The van der Waals surface area contributed by atoms with E-state index in [1.165, 1.54) is 5.56 Å². The van der Waals surface area contributed by atoms with Crippen molar-refractivity contribution in [2.45, 2.75) is 16.7 Å². The van der Waals surface area contributed by atoms with Gasteiger partial charge >= 0.3 is 0 Å². The maximum Gasteiger partial charge on any atom is 0.132 e. The second-order valence-corrected chi connectivity index (χ2v) is 4.80. The quantitative estimate of drug-likeness (QED) is 0.837. The normalized spacial score (nSPS) is 10.2. The highest BCUT2D eigenvalue weighted by atomic mass is 32.2. The van der Waals surface area contributed by atoms with Crippen molar-refractivity contribution in [2.24, 2.45) is 0 Å². The molecule has 2 nitrogen and oxygen atoms in total. The van der Waals surface area contributed by atoms with Gasteiger partial charge in [-0.2, -0.15) is 0 Å². The molecule has 2 aromatic rings. The molecule has 0 radical (unpaired) electrons. The summed E-state index contributed by atoms with van der Waals surface area (Å²) in [6.45, 7) is 2.06. The average Bonchev–Trinajstić information content (AvgIpc) is 2.34. The predicted molar refractivity (Wildman–Crippen MR) is 72.7 cm³/mol. The number of methoxy groups -OCH3 is 1. The van der Waals surface area contributed by atoms with Gasteiger partial charge in [0.25, 0.3) is 0 Å². The van der Waals surface area contributed by atoms with Crippen molar-refractivity contribution in [3.05, 3.63) is 48.0 Å². The van der Waals surface area contributed by atoms with Crippen LogP contribution in [0.5, 0.6) is 5.75 Å². The molecule has 3 heteroatoms.